The van der Waals surface area contributed by atoms with Gasteiger partial charge in [0.05, 0.1) is 0 Å². The van der Waals surface area contributed by atoms with E-state index in [1.807, 2.05) is 6.07 Å². The lowest BCUT2D eigenvalue weighted by Crippen LogP contribution is -2.42. The fourth-order valence-corrected chi connectivity index (χ4v) is 2.82. The minimum atomic E-state index is -0.110. The molecule has 6 heteroatoms. The molecule has 2 rings (SSSR count). The van der Waals surface area contributed by atoms with Gasteiger partial charge in [0.2, 0.25) is 5.91 Å². The Hall–Kier alpha value is -1.17. The van der Waals surface area contributed by atoms with Crippen LogP contribution in [0.15, 0.2) is 10.7 Å². The topological polar surface area (TPSA) is 58.1 Å². The number of aryl methyl sites for hydroxylation is 1. The Morgan fingerprint density at radius 1 is 1.58 bits per heavy atom. The average molecular weight is 327 g/mol. The third-order valence-electron chi connectivity index (χ3n) is 3.30. The molecular weight excluding hydrogens is 308 g/mol. The lowest BCUT2D eigenvalue weighted by molar-refractivity contribution is -0.121. The van der Waals surface area contributed by atoms with Crippen molar-refractivity contribution in [1.82, 2.24) is 15.3 Å². The van der Waals surface area contributed by atoms with E-state index < -0.39 is 0 Å². The molecular formula is C13H19BrN4O. The third-order valence-corrected chi connectivity index (χ3v) is 3.70. The lowest BCUT2D eigenvalue weighted by atomic mass is 10.2. The summed E-state index contributed by atoms with van der Waals surface area (Å²) in [4.78, 5) is 22.9. The number of rotatable bonds is 4. The molecule has 1 aromatic heterocycles. The van der Waals surface area contributed by atoms with Crippen LogP contribution in [0.2, 0.25) is 0 Å². The number of anilines is 1. The molecule has 5 nitrogen and oxygen atoms in total. The minimum Gasteiger partial charge on any atom is -0.357 e. The quantitative estimate of drug-likeness (QED) is 0.859. The van der Waals surface area contributed by atoms with Crippen LogP contribution in [0.1, 0.15) is 32.0 Å². The number of nitrogens with one attached hydrogen (secondary N) is 1. The fraction of sp³-hybridized carbons (Fsp3) is 0.615. The number of amides is 1. The van der Waals surface area contributed by atoms with Gasteiger partial charge in [-0.1, -0.05) is 6.92 Å². The maximum Gasteiger partial charge on any atom is 0.242 e. The number of carbonyl (C=O) groups is 1. The zero-order valence-corrected chi connectivity index (χ0v) is 12.9. The van der Waals surface area contributed by atoms with E-state index in [9.17, 15) is 4.79 Å². The second kappa shape index (κ2) is 6.32. The summed E-state index contributed by atoms with van der Waals surface area (Å²) in [5.74, 6) is 1.73. The first-order valence-electron chi connectivity index (χ1n) is 6.67. The van der Waals surface area contributed by atoms with E-state index in [0.717, 1.165) is 48.5 Å². The summed E-state index contributed by atoms with van der Waals surface area (Å²) in [6.07, 6.45) is 3.76. The van der Waals surface area contributed by atoms with Crippen molar-refractivity contribution in [3.63, 3.8) is 0 Å². The molecule has 1 atom stereocenters. The van der Waals surface area contributed by atoms with Crippen LogP contribution in [-0.4, -0.2) is 35.5 Å². The Morgan fingerprint density at radius 2 is 2.37 bits per heavy atom. The third kappa shape index (κ3) is 3.23. The number of likely N-dealkylation sites (N-methyl/N-ethyl adjacent to an activating group) is 1. The average Bonchev–Trinajstić information content (AvgIpc) is 2.86. The zero-order valence-electron chi connectivity index (χ0n) is 11.3. The molecule has 104 valence electrons. The highest BCUT2D eigenvalue weighted by atomic mass is 79.9. The van der Waals surface area contributed by atoms with Crippen molar-refractivity contribution >= 4 is 27.7 Å². The lowest BCUT2D eigenvalue weighted by Gasteiger charge is -2.24. The van der Waals surface area contributed by atoms with Crippen LogP contribution in [0, 0.1) is 0 Å². The van der Waals surface area contributed by atoms with Crippen LogP contribution in [0.3, 0.4) is 0 Å². The van der Waals surface area contributed by atoms with Gasteiger partial charge in [-0.25, -0.2) is 9.97 Å². The van der Waals surface area contributed by atoms with Gasteiger partial charge in [-0.3, -0.25) is 4.79 Å². The normalized spacial score (nSPS) is 18.7. The number of carbonyl (C=O) groups excluding carboxylic acids is 1. The van der Waals surface area contributed by atoms with Gasteiger partial charge >= 0.3 is 0 Å². The SMILES string of the molecule is CCCc1nc(Br)cc(N2CCCC2C(=O)NC)n1. The van der Waals surface area contributed by atoms with E-state index in [-0.39, 0.29) is 11.9 Å². The van der Waals surface area contributed by atoms with Crippen molar-refractivity contribution in [2.45, 2.75) is 38.6 Å². The Balaban J connectivity index is 2.27. The molecule has 0 spiro atoms. The number of nitrogens with zero attached hydrogens (tertiary/aromatic N) is 3. The molecule has 1 amide bonds. The molecule has 0 bridgehead atoms. The van der Waals surface area contributed by atoms with Crippen molar-refractivity contribution in [3.05, 3.63) is 16.5 Å². The molecule has 1 unspecified atom stereocenters. The number of halogens is 1. The van der Waals surface area contributed by atoms with E-state index >= 15 is 0 Å². The van der Waals surface area contributed by atoms with Crippen molar-refractivity contribution in [2.24, 2.45) is 0 Å². The first kappa shape index (κ1) is 14.2. The van der Waals surface area contributed by atoms with Crippen LogP contribution in [-0.2, 0) is 11.2 Å². The molecule has 1 fully saturated rings. The van der Waals surface area contributed by atoms with Gasteiger partial charge in [0.1, 0.15) is 22.3 Å². The minimum absolute atomic E-state index is 0.0595. The van der Waals surface area contributed by atoms with Crippen molar-refractivity contribution in [2.75, 3.05) is 18.5 Å². The van der Waals surface area contributed by atoms with Crippen molar-refractivity contribution < 1.29 is 4.79 Å². The van der Waals surface area contributed by atoms with Gasteiger partial charge < -0.3 is 10.2 Å². The molecule has 0 radical (unpaired) electrons. The second-order valence-corrected chi connectivity index (χ2v) is 5.49. The fourth-order valence-electron chi connectivity index (χ4n) is 2.41. The summed E-state index contributed by atoms with van der Waals surface area (Å²) in [6, 6.07) is 1.78. The van der Waals surface area contributed by atoms with Crippen LogP contribution < -0.4 is 10.2 Å². The molecule has 0 aromatic carbocycles. The van der Waals surface area contributed by atoms with Gasteiger partial charge in [-0.15, -0.1) is 0 Å². The van der Waals surface area contributed by atoms with Gasteiger partial charge in [0.15, 0.2) is 0 Å². The van der Waals surface area contributed by atoms with Crippen molar-refractivity contribution in [1.29, 1.82) is 0 Å². The highest BCUT2D eigenvalue weighted by Gasteiger charge is 2.31. The molecule has 0 aliphatic carbocycles. The zero-order chi connectivity index (χ0) is 13.8. The van der Waals surface area contributed by atoms with E-state index in [1.54, 1.807) is 7.05 Å². The van der Waals surface area contributed by atoms with E-state index in [1.165, 1.54) is 0 Å². The van der Waals surface area contributed by atoms with Gasteiger partial charge in [-0.2, -0.15) is 0 Å². The summed E-state index contributed by atoms with van der Waals surface area (Å²) in [5.41, 5.74) is 0. The monoisotopic (exact) mass is 326 g/mol. The van der Waals surface area contributed by atoms with Gasteiger partial charge in [0, 0.05) is 26.1 Å². The standard InChI is InChI=1S/C13H19BrN4O/c1-3-5-11-16-10(14)8-12(17-11)18-7-4-6-9(18)13(19)15-2/h8-9H,3-7H2,1-2H3,(H,15,19). The number of hydrogen-bond donors (Lipinski definition) is 1. The summed E-state index contributed by atoms with van der Waals surface area (Å²) in [5, 5.41) is 2.73. The predicted molar refractivity (Wildman–Crippen MR) is 78.2 cm³/mol. The first-order chi connectivity index (χ1) is 9.15. The first-order valence-corrected chi connectivity index (χ1v) is 7.46. The molecule has 1 N–H and O–H groups in total. The Bertz CT molecular complexity index is 466. The predicted octanol–water partition coefficient (Wildman–Crippen LogP) is 1.91. The second-order valence-electron chi connectivity index (χ2n) is 4.68. The molecule has 1 aromatic rings. The molecule has 1 saturated heterocycles. The summed E-state index contributed by atoms with van der Waals surface area (Å²) < 4.78 is 0.781. The highest BCUT2D eigenvalue weighted by Crippen LogP contribution is 2.26. The Morgan fingerprint density at radius 3 is 3.05 bits per heavy atom. The smallest absolute Gasteiger partial charge is 0.242 e. The van der Waals surface area contributed by atoms with E-state index in [2.05, 4.69) is 43.0 Å². The summed E-state index contributed by atoms with van der Waals surface area (Å²) >= 11 is 3.43. The maximum atomic E-state index is 11.9. The van der Waals surface area contributed by atoms with Gasteiger partial charge in [-0.05, 0) is 35.2 Å². The molecule has 1 aliphatic heterocycles. The van der Waals surface area contributed by atoms with Crippen LogP contribution >= 0.6 is 15.9 Å². The molecule has 1 aliphatic rings. The number of aromatic nitrogens is 2. The highest BCUT2D eigenvalue weighted by molar-refractivity contribution is 9.10. The van der Waals surface area contributed by atoms with Crippen molar-refractivity contribution in [3.8, 4) is 0 Å². The van der Waals surface area contributed by atoms with Crippen LogP contribution in [0.4, 0.5) is 5.82 Å². The van der Waals surface area contributed by atoms with Crippen LogP contribution in [0.5, 0.6) is 0 Å². The Kier molecular flexibility index (Phi) is 4.74. The number of hydrogen-bond acceptors (Lipinski definition) is 4. The summed E-state index contributed by atoms with van der Waals surface area (Å²) in [7, 11) is 1.68. The van der Waals surface area contributed by atoms with Gasteiger partial charge in [0.25, 0.3) is 0 Å². The van der Waals surface area contributed by atoms with E-state index in [0.29, 0.717) is 0 Å². The maximum absolute atomic E-state index is 11.9. The summed E-state index contributed by atoms with van der Waals surface area (Å²) in [6.45, 7) is 2.97. The molecule has 19 heavy (non-hydrogen) atoms. The Labute approximate surface area is 121 Å². The largest absolute Gasteiger partial charge is 0.357 e. The molecule has 0 saturated carbocycles. The molecule has 2 heterocycles. The van der Waals surface area contributed by atoms with Crippen LogP contribution in [0.25, 0.3) is 0 Å². The van der Waals surface area contributed by atoms with E-state index in [4.69, 9.17) is 0 Å².